The summed E-state index contributed by atoms with van der Waals surface area (Å²) in [6.07, 6.45) is 10.9. The van der Waals surface area contributed by atoms with Crippen LogP contribution in [0, 0.1) is 11.8 Å². The van der Waals surface area contributed by atoms with Gasteiger partial charge in [-0.05, 0) is 31.1 Å². The summed E-state index contributed by atoms with van der Waals surface area (Å²) >= 11 is 0. The minimum atomic E-state index is -0.0680. The maximum Gasteiger partial charge on any atom is 0.305 e. The van der Waals surface area contributed by atoms with Crippen molar-refractivity contribution in [3.63, 3.8) is 0 Å². The molecule has 0 rings (SSSR count). The highest BCUT2D eigenvalue weighted by atomic mass is 16.5. The quantitative estimate of drug-likeness (QED) is 0.267. The highest BCUT2D eigenvalue weighted by Gasteiger charge is 2.10. The Morgan fingerprint density at radius 2 is 1.39 bits per heavy atom. The second-order valence-corrected chi connectivity index (χ2v) is 6.69. The summed E-state index contributed by atoms with van der Waals surface area (Å²) in [5.74, 6) is 1.13. The Bertz CT molecular complexity index is 266. The molecule has 138 valence electrons. The lowest BCUT2D eigenvalue weighted by Gasteiger charge is -2.15. The Balaban J connectivity index is 3.62. The maximum atomic E-state index is 11.8. The van der Waals surface area contributed by atoms with Crippen LogP contribution >= 0.6 is 0 Å². The summed E-state index contributed by atoms with van der Waals surface area (Å²) in [6, 6.07) is 0. The van der Waals surface area contributed by atoms with E-state index in [1.165, 1.54) is 44.9 Å². The fourth-order valence-corrected chi connectivity index (χ4v) is 2.65. The molecule has 0 aromatic carbocycles. The zero-order chi connectivity index (χ0) is 17.3. The summed E-state index contributed by atoms with van der Waals surface area (Å²) in [5.41, 5.74) is 0. The standard InChI is InChI=1S/C20H40O3/c1-5-9-12-18(7-3)16-22-15-11-14-20(21)23-17-19(8-4)13-10-6-2/h18-19H,5-17H2,1-4H3. The number of esters is 1. The van der Waals surface area contributed by atoms with Gasteiger partial charge in [-0.15, -0.1) is 0 Å². The average molecular weight is 329 g/mol. The first-order chi connectivity index (χ1) is 11.2. The molecule has 0 radical (unpaired) electrons. The molecule has 0 spiro atoms. The average Bonchev–Trinajstić information content (AvgIpc) is 2.57. The molecule has 23 heavy (non-hydrogen) atoms. The van der Waals surface area contributed by atoms with Gasteiger partial charge in [0.15, 0.2) is 0 Å². The molecule has 2 unspecified atom stereocenters. The van der Waals surface area contributed by atoms with Crippen LogP contribution in [0.4, 0.5) is 0 Å². The second-order valence-electron chi connectivity index (χ2n) is 6.69. The molecule has 0 amide bonds. The molecule has 0 aromatic rings. The first-order valence-electron chi connectivity index (χ1n) is 9.91. The largest absolute Gasteiger partial charge is 0.465 e. The Hall–Kier alpha value is -0.570. The van der Waals surface area contributed by atoms with Crippen molar-refractivity contribution in [2.75, 3.05) is 19.8 Å². The SMILES string of the molecule is CCCCC(CC)COCCCC(=O)OCC(CC)CCCC. The van der Waals surface area contributed by atoms with Crippen molar-refractivity contribution in [3.8, 4) is 0 Å². The Morgan fingerprint density at radius 3 is 1.91 bits per heavy atom. The molecule has 0 N–H and O–H groups in total. The van der Waals surface area contributed by atoms with Crippen molar-refractivity contribution in [1.82, 2.24) is 0 Å². The first kappa shape index (κ1) is 22.4. The molecule has 0 aromatic heterocycles. The van der Waals surface area contributed by atoms with Gasteiger partial charge in [0.25, 0.3) is 0 Å². The van der Waals surface area contributed by atoms with E-state index in [9.17, 15) is 4.79 Å². The van der Waals surface area contributed by atoms with Gasteiger partial charge in [-0.2, -0.15) is 0 Å². The van der Waals surface area contributed by atoms with Crippen molar-refractivity contribution in [2.45, 2.75) is 91.9 Å². The predicted molar refractivity (Wildman–Crippen MR) is 97.6 cm³/mol. The fraction of sp³-hybridized carbons (Fsp3) is 0.950. The zero-order valence-electron chi connectivity index (χ0n) is 16.1. The van der Waals surface area contributed by atoms with E-state index in [4.69, 9.17) is 9.47 Å². The molecule has 3 heteroatoms. The van der Waals surface area contributed by atoms with Gasteiger partial charge in [0.1, 0.15) is 0 Å². The highest BCUT2D eigenvalue weighted by Crippen LogP contribution is 2.14. The van der Waals surface area contributed by atoms with Gasteiger partial charge >= 0.3 is 5.97 Å². The van der Waals surface area contributed by atoms with E-state index >= 15 is 0 Å². The van der Waals surface area contributed by atoms with E-state index < -0.39 is 0 Å². The number of hydrogen-bond acceptors (Lipinski definition) is 3. The summed E-state index contributed by atoms with van der Waals surface area (Å²) in [4.78, 5) is 11.8. The molecule has 3 nitrogen and oxygen atoms in total. The molecule has 0 aliphatic rings. The normalized spacial score (nSPS) is 13.7. The maximum absolute atomic E-state index is 11.8. The molecular weight excluding hydrogens is 288 g/mol. The summed E-state index contributed by atoms with van der Waals surface area (Å²) < 4.78 is 11.1. The van der Waals surface area contributed by atoms with Gasteiger partial charge in [0.2, 0.25) is 0 Å². The minimum Gasteiger partial charge on any atom is -0.465 e. The topological polar surface area (TPSA) is 35.5 Å². The van der Waals surface area contributed by atoms with Crippen molar-refractivity contribution in [3.05, 3.63) is 0 Å². The number of rotatable bonds is 16. The van der Waals surface area contributed by atoms with E-state index in [-0.39, 0.29) is 5.97 Å². The van der Waals surface area contributed by atoms with Gasteiger partial charge in [-0.3, -0.25) is 4.79 Å². The number of unbranched alkanes of at least 4 members (excludes halogenated alkanes) is 2. The van der Waals surface area contributed by atoms with Crippen LogP contribution in [0.25, 0.3) is 0 Å². The molecular formula is C20H40O3. The van der Waals surface area contributed by atoms with Gasteiger partial charge in [0, 0.05) is 19.6 Å². The molecule has 0 saturated carbocycles. The van der Waals surface area contributed by atoms with Crippen molar-refractivity contribution < 1.29 is 14.3 Å². The van der Waals surface area contributed by atoms with Crippen molar-refractivity contribution in [2.24, 2.45) is 11.8 Å². The van der Waals surface area contributed by atoms with Crippen LogP contribution in [0.15, 0.2) is 0 Å². The number of carbonyl (C=O) groups excluding carboxylic acids is 1. The smallest absolute Gasteiger partial charge is 0.305 e. The van der Waals surface area contributed by atoms with Gasteiger partial charge in [0.05, 0.1) is 6.61 Å². The lowest BCUT2D eigenvalue weighted by molar-refractivity contribution is -0.145. The van der Waals surface area contributed by atoms with Gasteiger partial charge < -0.3 is 9.47 Å². The van der Waals surface area contributed by atoms with E-state index in [0.717, 1.165) is 19.4 Å². The van der Waals surface area contributed by atoms with Gasteiger partial charge in [-0.25, -0.2) is 0 Å². The predicted octanol–water partition coefficient (Wildman–Crippen LogP) is 5.76. The summed E-state index contributed by atoms with van der Waals surface area (Å²) in [7, 11) is 0. The van der Waals surface area contributed by atoms with Crippen LogP contribution in [0.5, 0.6) is 0 Å². The van der Waals surface area contributed by atoms with E-state index in [1.54, 1.807) is 0 Å². The van der Waals surface area contributed by atoms with E-state index in [1.807, 2.05) is 0 Å². The lowest BCUT2D eigenvalue weighted by atomic mass is 10.0. The molecule has 0 bridgehead atoms. The third kappa shape index (κ3) is 13.6. The third-order valence-electron chi connectivity index (χ3n) is 4.59. The first-order valence-corrected chi connectivity index (χ1v) is 9.91. The minimum absolute atomic E-state index is 0.0680. The molecule has 0 heterocycles. The van der Waals surface area contributed by atoms with Crippen LogP contribution < -0.4 is 0 Å². The van der Waals surface area contributed by atoms with Crippen LogP contribution in [-0.2, 0) is 14.3 Å². The fourth-order valence-electron chi connectivity index (χ4n) is 2.65. The Labute approximate surface area is 144 Å². The second kappa shape index (κ2) is 16.3. The number of ether oxygens (including phenoxy) is 2. The summed E-state index contributed by atoms with van der Waals surface area (Å²) in [6.45, 7) is 10.9. The lowest BCUT2D eigenvalue weighted by Crippen LogP contribution is -2.15. The van der Waals surface area contributed by atoms with Crippen LogP contribution in [0.1, 0.15) is 91.9 Å². The highest BCUT2D eigenvalue weighted by molar-refractivity contribution is 5.69. The van der Waals surface area contributed by atoms with Gasteiger partial charge in [-0.1, -0.05) is 66.2 Å². The number of hydrogen-bond donors (Lipinski definition) is 0. The number of carbonyl (C=O) groups is 1. The van der Waals surface area contributed by atoms with Crippen LogP contribution in [0.3, 0.4) is 0 Å². The Morgan fingerprint density at radius 1 is 0.826 bits per heavy atom. The third-order valence-corrected chi connectivity index (χ3v) is 4.59. The van der Waals surface area contributed by atoms with Crippen molar-refractivity contribution >= 4 is 5.97 Å². The molecule has 0 aliphatic heterocycles. The van der Waals surface area contributed by atoms with E-state index in [2.05, 4.69) is 27.7 Å². The zero-order valence-corrected chi connectivity index (χ0v) is 16.1. The Kier molecular flexibility index (Phi) is 15.9. The summed E-state index contributed by atoms with van der Waals surface area (Å²) in [5, 5.41) is 0. The van der Waals surface area contributed by atoms with Crippen molar-refractivity contribution in [1.29, 1.82) is 0 Å². The monoisotopic (exact) mass is 328 g/mol. The molecule has 0 saturated heterocycles. The molecule has 0 aliphatic carbocycles. The molecule has 0 fully saturated rings. The van der Waals surface area contributed by atoms with E-state index in [0.29, 0.717) is 31.5 Å². The van der Waals surface area contributed by atoms with Crippen LogP contribution in [-0.4, -0.2) is 25.8 Å². The van der Waals surface area contributed by atoms with Crippen LogP contribution in [0.2, 0.25) is 0 Å². The molecule has 2 atom stereocenters.